The number of hydrogen-bond donors (Lipinski definition) is 4. The molecule has 2 aromatic heterocycles. The van der Waals surface area contributed by atoms with Crippen molar-refractivity contribution in [2.75, 3.05) is 39.8 Å². The van der Waals surface area contributed by atoms with Crippen molar-refractivity contribution >= 4 is 52.9 Å². The zero-order valence-corrected chi connectivity index (χ0v) is 67.8. The van der Waals surface area contributed by atoms with E-state index in [-0.39, 0.29) is 29.7 Å². The molecular weight excluding hydrogens is 1380 g/mol. The first-order valence-corrected chi connectivity index (χ1v) is 38.1. The summed E-state index contributed by atoms with van der Waals surface area (Å²) in [5.74, 6) is 3.84. The lowest BCUT2D eigenvalue weighted by Gasteiger charge is -2.16. The first-order chi connectivity index (χ1) is 51.0. The Kier molecular flexibility index (Phi) is 37.6. The molecule has 7 aromatic carbocycles. The van der Waals surface area contributed by atoms with E-state index in [1.165, 1.54) is 79.4 Å². The Morgan fingerprint density at radius 2 is 0.822 bits per heavy atom. The van der Waals surface area contributed by atoms with E-state index in [2.05, 4.69) is 260 Å². The average Bonchev–Trinajstić information content (AvgIpc) is 1.56. The van der Waals surface area contributed by atoms with Gasteiger partial charge >= 0.3 is 6.03 Å². The molecule has 1 aliphatic heterocycles. The van der Waals surface area contributed by atoms with Crippen molar-refractivity contribution in [2.24, 2.45) is 0 Å². The van der Waals surface area contributed by atoms with Gasteiger partial charge in [-0.2, -0.15) is 0 Å². The number of ether oxygens (including phenoxy) is 1. The molecule has 4 N–H and O–H groups in total. The highest BCUT2D eigenvalue weighted by atomic mass is 35.5. The first-order valence-electron chi connectivity index (χ1n) is 37.3. The number of halogens is 2. The zero-order chi connectivity index (χ0) is 78.7. The molecular formula is C90H114Cl2N8O7. The number of methoxy groups -OCH3 is 1. The molecule has 10 rings (SSSR count). The SMILES string of the molecule is CC(C)c1ccc(Cl)cc1.CCC1=C(C)CN(C(=O)NCCc2ccc(C(C)C)cc2)C1=O.COc1ccc(Cl)cc1C(=O)NCCc1ccc(C(C)C)cc1.Cc1cc(C(=O)NCCc2ccc(C(C)C)cc2)no1.Cc1ccc(C(C)C)cc1.Cc1cnc(C(=O)NCCc2ccc(C(C)C)cc2)cn1. The molecule has 0 bridgehead atoms. The number of carbonyl (C=O) groups is 5. The van der Waals surface area contributed by atoms with Gasteiger partial charge in [0, 0.05) is 54.1 Å². The van der Waals surface area contributed by atoms with Gasteiger partial charge in [-0.25, -0.2) is 9.78 Å². The number of imide groups is 1. The molecule has 15 nitrogen and oxygen atoms in total. The van der Waals surface area contributed by atoms with Crippen LogP contribution in [0.2, 0.25) is 10.0 Å². The van der Waals surface area contributed by atoms with Crippen molar-refractivity contribution in [3.8, 4) is 5.75 Å². The van der Waals surface area contributed by atoms with Gasteiger partial charge in [-0.05, 0) is 187 Å². The summed E-state index contributed by atoms with van der Waals surface area (Å²) in [5.41, 5.74) is 17.9. The molecule has 3 heterocycles. The third kappa shape index (κ3) is 31.0. The Hall–Kier alpha value is -9.70. The summed E-state index contributed by atoms with van der Waals surface area (Å²) in [4.78, 5) is 69.6. The molecule has 0 fully saturated rings. The van der Waals surface area contributed by atoms with Gasteiger partial charge in [0.2, 0.25) is 0 Å². The molecule has 6 amide bonds. The lowest BCUT2D eigenvalue weighted by molar-refractivity contribution is -0.123. The van der Waals surface area contributed by atoms with E-state index in [0.717, 1.165) is 47.5 Å². The molecule has 0 saturated carbocycles. The molecule has 0 aliphatic carbocycles. The van der Waals surface area contributed by atoms with Crippen molar-refractivity contribution in [3.05, 3.63) is 293 Å². The number of nitrogens with one attached hydrogen (secondary N) is 4. The van der Waals surface area contributed by atoms with Crippen molar-refractivity contribution in [3.63, 3.8) is 0 Å². The van der Waals surface area contributed by atoms with E-state index < -0.39 is 0 Å². The van der Waals surface area contributed by atoms with Crippen LogP contribution in [0.5, 0.6) is 5.75 Å². The minimum atomic E-state index is -0.295. The van der Waals surface area contributed by atoms with Crippen LogP contribution in [0.1, 0.15) is 243 Å². The summed E-state index contributed by atoms with van der Waals surface area (Å²) in [6.45, 7) is 38.4. The largest absolute Gasteiger partial charge is 0.496 e. The van der Waals surface area contributed by atoms with Gasteiger partial charge in [0.1, 0.15) is 17.2 Å². The minimum Gasteiger partial charge on any atom is -0.496 e. The fourth-order valence-corrected chi connectivity index (χ4v) is 11.2. The molecule has 1 aliphatic rings. The van der Waals surface area contributed by atoms with E-state index in [1.807, 2.05) is 32.9 Å². The summed E-state index contributed by atoms with van der Waals surface area (Å²) < 4.78 is 10.1. The highest BCUT2D eigenvalue weighted by Crippen LogP contribution is 2.25. The Labute approximate surface area is 647 Å². The van der Waals surface area contributed by atoms with Crippen LogP contribution in [0.25, 0.3) is 0 Å². The third-order valence-electron chi connectivity index (χ3n) is 17.9. The number of carbonyl (C=O) groups excluding carboxylic acids is 5. The summed E-state index contributed by atoms with van der Waals surface area (Å²) in [7, 11) is 1.54. The number of urea groups is 1. The molecule has 9 aromatic rings. The number of benzene rings is 7. The first kappa shape index (κ1) is 87.9. The van der Waals surface area contributed by atoms with Crippen LogP contribution in [0.3, 0.4) is 0 Å². The van der Waals surface area contributed by atoms with Gasteiger partial charge in [0.15, 0.2) is 5.69 Å². The molecule has 570 valence electrons. The average molecular weight is 1490 g/mol. The number of amides is 6. The molecule has 0 spiro atoms. The normalized spacial score (nSPS) is 11.5. The lowest BCUT2D eigenvalue weighted by atomic mass is 10.0. The molecule has 0 unspecified atom stereocenters. The maximum Gasteiger partial charge on any atom is 0.324 e. The van der Waals surface area contributed by atoms with Gasteiger partial charge in [-0.15, -0.1) is 0 Å². The van der Waals surface area contributed by atoms with Crippen LogP contribution in [0.4, 0.5) is 4.79 Å². The molecule has 0 saturated heterocycles. The van der Waals surface area contributed by atoms with Crippen molar-refractivity contribution in [1.29, 1.82) is 0 Å². The van der Waals surface area contributed by atoms with Crippen molar-refractivity contribution in [2.45, 2.75) is 185 Å². The van der Waals surface area contributed by atoms with Gasteiger partial charge in [-0.1, -0.05) is 257 Å². The number of rotatable bonds is 23. The maximum absolute atomic E-state index is 12.3. The fourth-order valence-electron chi connectivity index (χ4n) is 10.9. The maximum atomic E-state index is 12.3. The van der Waals surface area contributed by atoms with E-state index in [4.69, 9.17) is 32.5 Å². The molecule has 107 heavy (non-hydrogen) atoms. The summed E-state index contributed by atoms with van der Waals surface area (Å²) in [6, 6.07) is 57.1. The minimum absolute atomic E-state index is 0.149. The molecule has 0 radical (unpaired) electrons. The molecule has 17 heteroatoms. The summed E-state index contributed by atoms with van der Waals surface area (Å²) >= 11 is 11.7. The van der Waals surface area contributed by atoms with E-state index in [1.54, 1.807) is 37.4 Å². The van der Waals surface area contributed by atoms with Crippen LogP contribution in [-0.2, 0) is 30.5 Å². The summed E-state index contributed by atoms with van der Waals surface area (Å²) in [5, 5.41) is 16.5. The number of aryl methyl sites for hydroxylation is 3. The van der Waals surface area contributed by atoms with Crippen LogP contribution in [0.15, 0.2) is 198 Å². The highest BCUT2D eigenvalue weighted by Gasteiger charge is 2.31. The Bertz CT molecular complexity index is 4160. The Morgan fingerprint density at radius 3 is 1.17 bits per heavy atom. The Balaban J connectivity index is 0.000000236. The lowest BCUT2D eigenvalue weighted by Crippen LogP contribution is -2.42. The van der Waals surface area contributed by atoms with Gasteiger partial charge < -0.3 is 30.5 Å². The monoisotopic (exact) mass is 1490 g/mol. The second-order valence-electron chi connectivity index (χ2n) is 28.6. The predicted octanol–water partition coefficient (Wildman–Crippen LogP) is 20.6. The zero-order valence-electron chi connectivity index (χ0n) is 66.3. The quantitative estimate of drug-likeness (QED) is 0.0478. The standard InChI is InChI=1S/C19H22ClNO2.C19H26N2O2.C17H21N3O.C16H20N2O2.C10H14.C9H11Cl/c1-13(2)15-6-4-14(5-7-15)10-11-21-19(22)17-12-16(20)8-9-18(17)23-3;1-5-17-14(4)12-21(18(17)22)19(23)20-11-10-15-6-8-16(9-7-15)13(2)3;1-12(2)15-6-4-14(5-7-15)8-9-18-17(21)16-11-19-13(3)10-20-16;1-11(2)14-6-4-13(5-7-14)8-9-17-16(19)15-10-12(3)20-18-15;1-8(2)10-6-4-9(3)5-7-10;1-7(2)8-3-5-9(10)6-4-8/h4-9,12-13H,10-11H2,1-3H3,(H,21,22);6-9,13H,5,10-12H2,1-4H3,(H,20,23);4-7,10-12H,8-9H2,1-3H3,(H,18,21);4-7,10-11H,8-9H2,1-3H3,(H,17,19);4-8H,1-3H3;3-7H,1-2H3. The third-order valence-corrected chi connectivity index (χ3v) is 18.4. The number of aromatic nitrogens is 3. The number of hydrogen-bond acceptors (Lipinski definition) is 10. The topological polar surface area (TPSA) is 198 Å². The van der Waals surface area contributed by atoms with Gasteiger partial charge in [-0.3, -0.25) is 29.1 Å². The highest BCUT2D eigenvalue weighted by molar-refractivity contribution is 6.31. The number of nitrogens with zero attached hydrogens (tertiary/aromatic N) is 4. The molecule has 0 atom stereocenters. The van der Waals surface area contributed by atoms with Crippen LogP contribution >= 0.6 is 23.2 Å². The Morgan fingerprint density at radius 1 is 0.458 bits per heavy atom. The van der Waals surface area contributed by atoms with Crippen molar-refractivity contribution < 1.29 is 33.2 Å². The fraction of sp³-hybridized carbons (Fsp3) is 0.378. The van der Waals surface area contributed by atoms with Crippen LogP contribution < -0.4 is 26.0 Å². The van der Waals surface area contributed by atoms with Gasteiger partial charge in [0.05, 0.1) is 31.1 Å². The smallest absolute Gasteiger partial charge is 0.324 e. The summed E-state index contributed by atoms with van der Waals surface area (Å²) in [6.07, 6.45) is 6.94. The van der Waals surface area contributed by atoms with Crippen LogP contribution in [-0.4, -0.2) is 89.5 Å². The second kappa shape index (κ2) is 45.7. The van der Waals surface area contributed by atoms with E-state index >= 15 is 0 Å². The van der Waals surface area contributed by atoms with Crippen LogP contribution in [0, 0.1) is 20.8 Å². The predicted molar refractivity (Wildman–Crippen MR) is 439 cm³/mol. The van der Waals surface area contributed by atoms with Crippen molar-refractivity contribution in [1.82, 2.24) is 41.3 Å². The van der Waals surface area contributed by atoms with E-state index in [0.29, 0.717) is 108 Å². The van der Waals surface area contributed by atoms with Gasteiger partial charge in [0.25, 0.3) is 23.6 Å². The second-order valence-corrected chi connectivity index (χ2v) is 29.4. The van der Waals surface area contributed by atoms with E-state index in [9.17, 15) is 24.0 Å².